The number of carbonyl (C=O) groups excluding carboxylic acids is 1. The molecule has 2 heterocycles. The number of aryl methyl sites for hydroxylation is 1. The van der Waals surface area contributed by atoms with Crippen LogP contribution in [0.4, 0.5) is 0 Å². The summed E-state index contributed by atoms with van der Waals surface area (Å²) < 4.78 is 12.9. The van der Waals surface area contributed by atoms with Crippen LogP contribution in [0, 0.1) is 11.3 Å². The maximum absolute atomic E-state index is 13.1. The van der Waals surface area contributed by atoms with Crippen LogP contribution in [0.2, 0.25) is 0 Å². The first-order chi connectivity index (χ1) is 15.7. The van der Waals surface area contributed by atoms with E-state index in [4.69, 9.17) is 14.7 Å². The van der Waals surface area contributed by atoms with Gasteiger partial charge in [-0.3, -0.25) is 4.79 Å². The third kappa shape index (κ3) is 4.19. The molecule has 1 fully saturated rings. The van der Waals surface area contributed by atoms with Crippen molar-refractivity contribution >= 4 is 22.9 Å². The number of carbonyl (C=O) groups is 1. The average Bonchev–Trinajstić information content (AvgIpc) is 3.46. The van der Waals surface area contributed by atoms with Gasteiger partial charge in [0, 0.05) is 41.8 Å². The van der Waals surface area contributed by atoms with Gasteiger partial charge in [-0.2, -0.15) is 5.26 Å². The molecule has 1 aliphatic rings. The molecule has 2 aromatic carbocycles. The van der Waals surface area contributed by atoms with Crippen LogP contribution in [0.25, 0.3) is 17.0 Å². The van der Waals surface area contributed by atoms with Crippen molar-refractivity contribution in [2.24, 2.45) is 0 Å². The van der Waals surface area contributed by atoms with E-state index in [1.807, 2.05) is 59.6 Å². The lowest BCUT2D eigenvalue weighted by atomic mass is 10.0. The zero-order valence-corrected chi connectivity index (χ0v) is 18.5. The summed E-state index contributed by atoms with van der Waals surface area (Å²) in [4.78, 5) is 15.1. The Bertz CT molecular complexity index is 1190. The smallest absolute Gasteiger partial charge is 0.247 e. The Morgan fingerprint density at radius 1 is 1.19 bits per heavy atom. The van der Waals surface area contributed by atoms with Gasteiger partial charge in [0.2, 0.25) is 5.91 Å². The molecule has 1 unspecified atom stereocenters. The molecule has 1 aromatic heterocycles. The van der Waals surface area contributed by atoms with Gasteiger partial charge < -0.3 is 18.9 Å². The zero-order valence-electron chi connectivity index (χ0n) is 18.5. The second kappa shape index (κ2) is 9.61. The van der Waals surface area contributed by atoms with Crippen molar-refractivity contribution in [3.63, 3.8) is 0 Å². The number of ether oxygens (including phenoxy) is 2. The van der Waals surface area contributed by atoms with E-state index in [1.165, 1.54) is 0 Å². The van der Waals surface area contributed by atoms with Crippen LogP contribution in [-0.4, -0.2) is 36.1 Å². The van der Waals surface area contributed by atoms with Gasteiger partial charge in [0.15, 0.2) is 11.5 Å². The lowest BCUT2D eigenvalue weighted by Crippen LogP contribution is -2.28. The van der Waals surface area contributed by atoms with Crippen molar-refractivity contribution in [3.8, 4) is 17.6 Å². The second-order valence-electron chi connectivity index (χ2n) is 7.84. The van der Waals surface area contributed by atoms with Crippen molar-refractivity contribution in [2.75, 3.05) is 20.8 Å². The molecule has 0 spiro atoms. The number of amides is 1. The minimum atomic E-state index is -0.00357. The van der Waals surface area contributed by atoms with E-state index >= 15 is 0 Å². The molecular formula is C26H27N3O3. The fraction of sp³-hybridized carbons (Fsp3) is 0.308. The molecular weight excluding hydrogens is 402 g/mol. The first-order valence-corrected chi connectivity index (χ1v) is 10.8. The fourth-order valence-corrected chi connectivity index (χ4v) is 4.46. The number of hydrogen-bond donors (Lipinski definition) is 0. The maximum Gasteiger partial charge on any atom is 0.247 e. The molecule has 6 nitrogen and oxygen atoms in total. The van der Waals surface area contributed by atoms with Gasteiger partial charge in [0.25, 0.3) is 0 Å². The van der Waals surface area contributed by atoms with Crippen LogP contribution in [-0.2, 0) is 11.3 Å². The van der Waals surface area contributed by atoms with Gasteiger partial charge in [-0.05, 0) is 42.7 Å². The molecule has 1 amide bonds. The van der Waals surface area contributed by atoms with Gasteiger partial charge >= 0.3 is 0 Å². The van der Waals surface area contributed by atoms with Crippen LogP contribution >= 0.6 is 0 Å². The van der Waals surface area contributed by atoms with Crippen LogP contribution in [0.1, 0.15) is 36.4 Å². The summed E-state index contributed by atoms with van der Waals surface area (Å²) in [6.07, 6.45) is 7.89. The molecule has 0 saturated carbocycles. The number of fused-ring (bicyclic) bond motifs is 1. The monoisotopic (exact) mass is 429 g/mol. The van der Waals surface area contributed by atoms with E-state index in [0.29, 0.717) is 24.5 Å². The number of nitrogens with zero attached hydrogens (tertiary/aromatic N) is 3. The van der Waals surface area contributed by atoms with Crippen LogP contribution in [0.3, 0.4) is 0 Å². The first-order valence-electron chi connectivity index (χ1n) is 10.8. The quantitative estimate of drug-likeness (QED) is 0.499. The van der Waals surface area contributed by atoms with E-state index < -0.39 is 0 Å². The lowest BCUT2D eigenvalue weighted by Gasteiger charge is -2.24. The van der Waals surface area contributed by atoms with Crippen LogP contribution in [0.15, 0.2) is 54.7 Å². The van der Waals surface area contributed by atoms with E-state index in [2.05, 4.69) is 10.6 Å². The highest BCUT2D eigenvalue weighted by Gasteiger charge is 2.29. The topological polar surface area (TPSA) is 67.5 Å². The summed E-state index contributed by atoms with van der Waals surface area (Å²) in [6, 6.07) is 16.1. The number of rotatable bonds is 7. The lowest BCUT2D eigenvalue weighted by molar-refractivity contribution is -0.126. The third-order valence-electron chi connectivity index (χ3n) is 6.02. The Morgan fingerprint density at radius 3 is 2.78 bits per heavy atom. The molecule has 1 atom stereocenters. The number of nitriles is 1. The first kappa shape index (κ1) is 21.5. The predicted octanol–water partition coefficient (Wildman–Crippen LogP) is 4.95. The maximum atomic E-state index is 13.1. The molecule has 0 N–H and O–H groups in total. The molecule has 32 heavy (non-hydrogen) atoms. The summed E-state index contributed by atoms with van der Waals surface area (Å²) >= 11 is 0. The van der Waals surface area contributed by atoms with Gasteiger partial charge in [-0.1, -0.05) is 24.3 Å². The molecule has 3 aromatic rings. The summed E-state index contributed by atoms with van der Waals surface area (Å²) in [5.74, 6) is 1.35. The second-order valence-corrected chi connectivity index (χ2v) is 7.84. The van der Waals surface area contributed by atoms with Crippen molar-refractivity contribution in [1.82, 2.24) is 9.47 Å². The molecule has 0 aliphatic carbocycles. The Hall–Kier alpha value is -3.72. The largest absolute Gasteiger partial charge is 0.493 e. The van der Waals surface area contributed by atoms with E-state index in [9.17, 15) is 4.79 Å². The number of para-hydroxylation sites is 1. The van der Waals surface area contributed by atoms with Gasteiger partial charge in [-0.25, -0.2) is 0 Å². The highest BCUT2D eigenvalue weighted by atomic mass is 16.5. The van der Waals surface area contributed by atoms with Crippen molar-refractivity contribution in [2.45, 2.75) is 31.8 Å². The van der Waals surface area contributed by atoms with Crippen LogP contribution in [0.5, 0.6) is 11.5 Å². The number of hydrogen-bond acceptors (Lipinski definition) is 4. The highest BCUT2D eigenvalue weighted by Crippen LogP contribution is 2.37. The molecule has 6 heteroatoms. The minimum absolute atomic E-state index is 0.00357. The summed E-state index contributed by atoms with van der Waals surface area (Å²) in [5.41, 5.74) is 3.10. The fourth-order valence-electron chi connectivity index (χ4n) is 4.46. The Labute approximate surface area is 188 Å². The Kier molecular flexibility index (Phi) is 6.46. The number of benzene rings is 2. The third-order valence-corrected chi connectivity index (χ3v) is 6.02. The summed E-state index contributed by atoms with van der Waals surface area (Å²) in [5, 5.41) is 10.0. The Morgan fingerprint density at radius 2 is 2.00 bits per heavy atom. The Balaban J connectivity index is 1.57. The van der Waals surface area contributed by atoms with Gasteiger partial charge in [0.05, 0.1) is 32.8 Å². The molecule has 4 rings (SSSR count). The molecule has 1 saturated heterocycles. The van der Waals surface area contributed by atoms with Crippen LogP contribution < -0.4 is 9.47 Å². The van der Waals surface area contributed by atoms with E-state index in [-0.39, 0.29) is 11.9 Å². The standard InChI is InChI=1S/C26H27N3O3/c1-31-24-12-10-19(17-25(24)32-2)22-9-5-16-29(22)26(30)13-11-20-18-28(15-6-14-27)23-8-4-3-7-21(20)23/h3-4,7-8,10-13,17-18,22H,5-6,9,15-16H2,1-2H3/b13-11+. The minimum Gasteiger partial charge on any atom is -0.493 e. The number of aromatic nitrogens is 1. The van der Waals surface area contributed by atoms with E-state index in [0.717, 1.165) is 41.4 Å². The van der Waals surface area contributed by atoms with E-state index in [1.54, 1.807) is 20.3 Å². The van der Waals surface area contributed by atoms with Crippen molar-refractivity contribution < 1.29 is 14.3 Å². The molecule has 164 valence electrons. The zero-order chi connectivity index (χ0) is 22.5. The summed E-state index contributed by atoms with van der Waals surface area (Å²) in [7, 11) is 3.24. The SMILES string of the molecule is COc1ccc(C2CCCN2C(=O)/C=C/c2cn(CCC#N)c3ccccc23)cc1OC. The van der Waals surface area contributed by atoms with Gasteiger partial charge in [0.1, 0.15) is 0 Å². The average molecular weight is 430 g/mol. The predicted molar refractivity (Wildman–Crippen MR) is 124 cm³/mol. The molecule has 1 aliphatic heterocycles. The van der Waals surface area contributed by atoms with Crippen molar-refractivity contribution in [3.05, 3.63) is 65.9 Å². The van der Waals surface area contributed by atoms with Gasteiger partial charge in [-0.15, -0.1) is 0 Å². The highest BCUT2D eigenvalue weighted by molar-refractivity contribution is 5.96. The van der Waals surface area contributed by atoms with Crippen molar-refractivity contribution in [1.29, 1.82) is 5.26 Å². The summed E-state index contributed by atoms with van der Waals surface area (Å²) in [6.45, 7) is 1.36. The number of methoxy groups -OCH3 is 2. The normalized spacial score (nSPS) is 15.9. The molecule has 0 radical (unpaired) electrons. The number of likely N-dealkylation sites (tertiary alicyclic amines) is 1. The molecule has 0 bridgehead atoms.